The van der Waals surface area contributed by atoms with E-state index in [4.69, 9.17) is 0 Å². The Hall–Kier alpha value is -2.34. The number of amides is 1. The number of aromatic nitrogens is 2. The standard InChI is InChI=1S/C16H21N5O/c1-19-9-11-21(12-10-19)14-5-3-13(4-6-14)18-16(22)15-7-8-17-20(15)2/h3-8H,9-12H2,1-2H3,(H,18,22). The molecule has 1 aromatic carbocycles. The second kappa shape index (κ2) is 6.19. The lowest BCUT2D eigenvalue weighted by molar-refractivity contribution is 0.101. The number of anilines is 2. The van der Waals surface area contributed by atoms with Gasteiger partial charge >= 0.3 is 0 Å². The minimum atomic E-state index is -0.146. The summed E-state index contributed by atoms with van der Waals surface area (Å²) in [6, 6.07) is 9.71. The van der Waals surface area contributed by atoms with Crippen molar-refractivity contribution in [2.24, 2.45) is 7.05 Å². The molecule has 0 spiro atoms. The highest BCUT2D eigenvalue weighted by Gasteiger charge is 2.14. The van der Waals surface area contributed by atoms with Gasteiger partial charge in [0.2, 0.25) is 0 Å². The third kappa shape index (κ3) is 3.12. The number of carbonyl (C=O) groups excluding carboxylic acids is 1. The first-order valence-corrected chi connectivity index (χ1v) is 7.46. The van der Waals surface area contributed by atoms with E-state index in [1.807, 2.05) is 12.1 Å². The monoisotopic (exact) mass is 299 g/mol. The van der Waals surface area contributed by atoms with E-state index in [0.29, 0.717) is 5.69 Å². The first-order chi connectivity index (χ1) is 10.6. The minimum Gasteiger partial charge on any atom is -0.369 e. The van der Waals surface area contributed by atoms with E-state index >= 15 is 0 Å². The van der Waals surface area contributed by atoms with Crippen molar-refractivity contribution >= 4 is 17.3 Å². The lowest BCUT2D eigenvalue weighted by Crippen LogP contribution is -2.44. The van der Waals surface area contributed by atoms with Crippen LogP contribution in [0.2, 0.25) is 0 Å². The molecule has 0 bridgehead atoms. The highest BCUT2D eigenvalue weighted by atomic mass is 16.2. The number of benzene rings is 1. The number of carbonyl (C=O) groups is 1. The van der Waals surface area contributed by atoms with Crippen LogP contribution in [-0.4, -0.2) is 53.8 Å². The van der Waals surface area contributed by atoms with Gasteiger partial charge in [-0.15, -0.1) is 0 Å². The van der Waals surface area contributed by atoms with Gasteiger partial charge in [0.1, 0.15) is 5.69 Å². The van der Waals surface area contributed by atoms with Crippen LogP contribution in [0, 0.1) is 0 Å². The molecule has 1 amide bonds. The van der Waals surface area contributed by atoms with Gasteiger partial charge in [-0.05, 0) is 37.4 Å². The molecule has 6 nitrogen and oxygen atoms in total. The number of piperazine rings is 1. The molecule has 22 heavy (non-hydrogen) atoms. The average Bonchev–Trinajstić information content (AvgIpc) is 2.95. The molecule has 2 heterocycles. The Balaban J connectivity index is 1.64. The third-order valence-electron chi connectivity index (χ3n) is 4.05. The zero-order chi connectivity index (χ0) is 15.5. The van der Waals surface area contributed by atoms with Crippen LogP contribution < -0.4 is 10.2 Å². The molecule has 0 radical (unpaired) electrons. The van der Waals surface area contributed by atoms with Crippen molar-refractivity contribution in [3.8, 4) is 0 Å². The molecule has 0 aliphatic carbocycles. The lowest BCUT2D eigenvalue weighted by atomic mass is 10.2. The summed E-state index contributed by atoms with van der Waals surface area (Å²) in [6.45, 7) is 4.24. The van der Waals surface area contributed by atoms with Gasteiger partial charge in [0, 0.05) is 50.8 Å². The van der Waals surface area contributed by atoms with Crippen molar-refractivity contribution in [3.05, 3.63) is 42.2 Å². The summed E-state index contributed by atoms with van der Waals surface area (Å²) in [4.78, 5) is 16.8. The summed E-state index contributed by atoms with van der Waals surface area (Å²) in [7, 11) is 3.90. The normalized spacial score (nSPS) is 15.8. The molecule has 1 aliphatic rings. The summed E-state index contributed by atoms with van der Waals surface area (Å²) < 4.78 is 1.56. The van der Waals surface area contributed by atoms with Gasteiger partial charge in [0.15, 0.2) is 0 Å². The van der Waals surface area contributed by atoms with Crippen molar-refractivity contribution < 1.29 is 4.79 Å². The second-order valence-corrected chi connectivity index (χ2v) is 5.63. The number of aryl methyl sites for hydroxylation is 1. The fraction of sp³-hybridized carbons (Fsp3) is 0.375. The van der Waals surface area contributed by atoms with Crippen LogP contribution in [0.3, 0.4) is 0 Å². The molecule has 1 aliphatic heterocycles. The lowest BCUT2D eigenvalue weighted by Gasteiger charge is -2.34. The van der Waals surface area contributed by atoms with Gasteiger partial charge in [0.25, 0.3) is 5.91 Å². The van der Waals surface area contributed by atoms with Crippen LogP contribution in [0.5, 0.6) is 0 Å². The number of nitrogens with one attached hydrogen (secondary N) is 1. The Morgan fingerprint density at radius 3 is 2.32 bits per heavy atom. The Kier molecular flexibility index (Phi) is 4.11. The van der Waals surface area contributed by atoms with E-state index < -0.39 is 0 Å². The van der Waals surface area contributed by atoms with E-state index in [1.165, 1.54) is 5.69 Å². The summed E-state index contributed by atoms with van der Waals surface area (Å²) in [5.41, 5.74) is 2.54. The van der Waals surface area contributed by atoms with E-state index in [2.05, 4.69) is 39.4 Å². The number of nitrogens with zero attached hydrogens (tertiary/aromatic N) is 4. The van der Waals surface area contributed by atoms with Crippen LogP contribution in [-0.2, 0) is 7.05 Å². The van der Waals surface area contributed by atoms with Crippen molar-refractivity contribution in [1.29, 1.82) is 0 Å². The fourth-order valence-corrected chi connectivity index (χ4v) is 2.61. The van der Waals surface area contributed by atoms with Crippen LogP contribution >= 0.6 is 0 Å². The first-order valence-electron chi connectivity index (χ1n) is 7.46. The summed E-state index contributed by atoms with van der Waals surface area (Å²) >= 11 is 0. The summed E-state index contributed by atoms with van der Waals surface area (Å²) in [5.74, 6) is -0.146. The third-order valence-corrected chi connectivity index (χ3v) is 4.05. The fourth-order valence-electron chi connectivity index (χ4n) is 2.61. The van der Waals surface area contributed by atoms with E-state index in [0.717, 1.165) is 31.9 Å². The average molecular weight is 299 g/mol. The molecule has 0 unspecified atom stereocenters. The quantitative estimate of drug-likeness (QED) is 0.931. The van der Waals surface area contributed by atoms with Gasteiger partial charge < -0.3 is 15.1 Å². The molecule has 2 aromatic rings. The molecule has 6 heteroatoms. The Labute approximate surface area is 130 Å². The van der Waals surface area contributed by atoms with Gasteiger partial charge in [-0.3, -0.25) is 9.48 Å². The zero-order valence-electron chi connectivity index (χ0n) is 13.0. The van der Waals surface area contributed by atoms with Crippen molar-refractivity contribution in [1.82, 2.24) is 14.7 Å². The van der Waals surface area contributed by atoms with Gasteiger partial charge in [-0.1, -0.05) is 0 Å². The topological polar surface area (TPSA) is 53.4 Å². The molecular weight excluding hydrogens is 278 g/mol. The highest BCUT2D eigenvalue weighted by Crippen LogP contribution is 2.19. The van der Waals surface area contributed by atoms with Gasteiger partial charge in [-0.2, -0.15) is 5.10 Å². The molecule has 1 saturated heterocycles. The molecular formula is C16H21N5O. The summed E-state index contributed by atoms with van der Waals surface area (Å²) in [5, 5.41) is 6.90. The predicted molar refractivity (Wildman–Crippen MR) is 87.3 cm³/mol. The maximum absolute atomic E-state index is 12.1. The smallest absolute Gasteiger partial charge is 0.273 e. The van der Waals surface area contributed by atoms with Crippen LogP contribution in [0.15, 0.2) is 36.5 Å². The van der Waals surface area contributed by atoms with E-state index in [9.17, 15) is 4.79 Å². The predicted octanol–water partition coefficient (Wildman–Crippen LogP) is 1.42. The molecule has 116 valence electrons. The number of rotatable bonds is 3. The molecule has 1 N–H and O–H groups in total. The SMILES string of the molecule is CN1CCN(c2ccc(NC(=O)c3ccnn3C)cc2)CC1. The number of hydrogen-bond acceptors (Lipinski definition) is 4. The Bertz CT molecular complexity index is 641. The highest BCUT2D eigenvalue weighted by molar-refractivity contribution is 6.03. The largest absolute Gasteiger partial charge is 0.369 e. The molecule has 0 saturated carbocycles. The number of hydrogen-bond donors (Lipinski definition) is 1. The van der Waals surface area contributed by atoms with Gasteiger partial charge in [0.05, 0.1) is 0 Å². The van der Waals surface area contributed by atoms with Crippen LogP contribution in [0.4, 0.5) is 11.4 Å². The van der Waals surface area contributed by atoms with Gasteiger partial charge in [-0.25, -0.2) is 0 Å². The van der Waals surface area contributed by atoms with E-state index in [1.54, 1.807) is 24.0 Å². The zero-order valence-corrected chi connectivity index (χ0v) is 13.0. The van der Waals surface area contributed by atoms with E-state index in [-0.39, 0.29) is 5.91 Å². The maximum atomic E-state index is 12.1. The Morgan fingerprint density at radius 2 is 1.73 bits per heavy atom. The molecule has 1 fully saturated rings. The van der Waals surface area contributed by atoms with Crippen molar-refractivity contribution in [2.45, 2.75) is 0 Å². The van der Waals surface area contributed by atoms with Crippen LogP contribution in [0.1, 0.15) is 10.5 Å². The molecule has 0 atom stereocenters. The van der Waals surface area contributed by atoms with Crippen molar-refractivity contribution in [3.63, 3.8) is 0 Å². The van der Waals surface area contributed by atoms with Crippen LogP contribution in [0.25, 0.3) is 0 Å². The Morgan fingerprint density at radius 1 is 1.05 bits per heavy atom. The maximum Gasteiger partial charge on any atom is 0.273 e. The number of likely N-dealkylation sites (N-methyl/N-ethyl adjacent to an activating group) is 1. The minimum absolute atomic E-state index is 0.146. The second-order valence-electron chi connectivity index (χ2n) is 5.63. The summed E-state index contributed by atoms with van der Waals surface area (Å²) in [6.07, 6.45) is 1.62. The molecule has 1 aromatic heterocycles. The van der Waals surface area contributed by atoms with Crippen molar-refractivity contribution in [2.75, 3.05) is 43.4 Å². The molecule has 3 rings (SSSR count). The first kappa shape index (κ1) is 14.6.